The zero-order valence-electron chi connectivity index (χ0n) is 33.5. The van der Waals surface area contributed by atoms with E-state index in [0.29, 0.717) is 17.5 Å². The van der Waals surface area contributed by atoms with E-state index < -0.39 is 0 Å². The second-order valence-electron chi connectivity index (χ2n) is 15.6. The maximum Gasteiger partial charge on any atom is 0.164 e. The van der Waals surface area contributed by atoms with Gasteiger partial charge in [0.25, 0.3) is 0 Å². The molecule has 3 heterocycles. The van der Waals surface area contributed by atoms with Crippen molar-refractivity contribution in [3.63, 3.8) is 0 Å². The molecule has 0 fully saturated rings. The van der Waals surface area contributed by atoms with Gasteiger partial charge in [0.05, 0.1) is 11.0 Å². The van der Waals surface area contributed by atoms with E-state index >= 15 is 0 Å². The number of nitrogens with zero attached hydrogens (tertiary/aromatic N) is 4. The predicted octanol–water partition coefficient (Wildman–Crippen LogP) is 14.9. The maximum absolute atomic E-state index is 6.53. The topological polar surface area (TPSA) is 56.7 Å². The van der Waals surface area contributed by atoms with Crippen LogP contribution in [0, 0.1) is 0 Å². The summed E-state index contributed by atoms with van der Waals surface area (Å²) in [5.74, 6) is 1.81. The van der Waals surface area contributed by atoms with Gasteiger partial charge < -0.3 is 8.98 Å². The van der Waals surface area contributed by atoms with Gasteiger partial charge in [-0.25, -0.2) is 15.0 Å². The monoisotopic (exact) mass is 792 g/mol. The molecular weight excluding hydrogens is 757 g/mol. The Morgan fingerprint density at radius 1 is 0.306 bits per heavy atom. The third kappa shape index (κ3) is 6.14. The summed E-state index contributed by atoms with van der Waals surface area (Å²) in [5.41, 5.74) is 14.6. The Bertz CT molecular complexity index is 3630. The van der Waals surface area contributed by atoms with Crippen molar-refractivity contribution in [2.45, 2.75) is 0 Å². The highest BCUT2D eigenvalue weighted by Crippen LogP contribution is 2.40. The van der Waals surface area contributed by atoms with Gasteiger partial charge >= 0.3 is 0 Å². The standard InChI is InChI=1S/C57H36N4O/c1-4-15-37(16-5-1)39-19-13-22-44(34-39)56-58-55(38-17-6-2-7-18-38)59-57(60-56)47-26-14-28-53-54(47)49-36-43(30-32-52(49)62-53)41-21-12-20-40(33-41)42-29-31-51-48(35-42)46-25-10-11-27-50(46)61(51)45-23-8-3-9-24-45/h1-36H. The van der Waals surface area contributed by atoms with Crippen LogP contribution in [0.1, 0.15) is 0 Å². The van der Waals surface area contributed by atoms with E-state index in [1.165, 1.54) is 27.4 Å². The molecule has 0 bridgehead atoms. The van der Waals surface area contributed by atoms with Crippen molar-refractivity contribution in [2.75, 3.05) is 0 Å². The molecule has 12 rings (SSSR count). The quantitative estimate of drug-likeness (QED) is 0.161. The van der Waals surface area contributed by atoms with Crippen LogP contribution in [-0.4, -0.2) is 19.5 Å². The highest BCUT2D eigenvalue weighted by molar-refractivity contribution is 6.13. The Kier molecular flexibility index (Phi) is 8.42. The van der Waals surface area contributed by atoms with Gasteiger partial charge in [-0.05, 0) is 94.0 Å². The summed E-state index contributed by atoms with van der Waals surface area (Å²) >= 11 is 0. The van der Waals surface area contributed by atoms with E-state index in [0.717, 1.165) is 72.1 Å². The second-order valence-corrected chi connectivity index (χ2v) is 15.6. The number of benzene rings is 9. The Morgan fingerprint density at radius 3 is 1.58 bits per heavy atom. The van der Waals surface area contributed by atoms with Crippen molar-refractivity contribution in [2.24, 2.45) is 0 Å². The van der Waals surface area contributed by atoms with Crippen molar-refractivity contribution in [1.29, 1.82) is 0 Å². The minimum atomic E-state index is 0.587. The lowest BCUT2D eigenvalue weighted by Gasteiger charge is -2.10. The maximum atomic E-state index is 6.53. The minimum Gasteiger partial charge on any atom is -0.456 e. The summed E-state index contributed by atoms with van der Waals surface area (Å²) in [7, 11) is 0. The van der Waals surface area contributed by atoms with Crippen molar-refractivity contribution in [3.05, 3.63) is 218 Å². The summed E-state index contributed by atoms with van der Waals surface area (Å²) in [6.45, 7) is 0. The molecule has 0 aliphatic heterocycles. The lowest BCUT2D eigenvalue weighted by Crippen LogP contribution is -2.00. The predicted molar refractivity (Wildman–Crippen MR) is 254 cm³/mol. The zero-order chi connectivity index (χ0) is 41.0. The first-order valence-electron chi connectivity index (χ1n) is 20.8. The molecular formula is C57H36N4O. The van der Waals surface area contributed by atoms with Gasteiger partial charge in [0.1, 0.15) is 11.2 Å². The molecule has 5 heteroatoms. The molecule has 0 unspecified atom stereocenters. The average molecular weight is 793 g/mol. The van der Waals surface area contributed by atoms with Crippen LogP contribution in [0.2, 0.25) is 0 Å². The number of furan rings is 1. The van der Waals surface area contributed by atoms with E-state index in [9.17, 15) is 0 Å². The van der Waals surface area contributed by atoms with E-state index in [4.69, 9.17) is 19.4 Å². The Hall–Kier alpha value is -8.41. The normalized spacial score (nSPS) is 11.5. The molecule has 3 aromatic heterocycles. The van der Waals surface area contributed by atoms with Gasteiger partial charge in [0, 0.05) is 43.9 Å². The van der Waals surface area contributed by atoms with E-state index in [1.54, 1.807) is 0 Å². The molecule has 0 spiro atoms. The summed E-state index contributed by atoms with van der Waals surface area (Å²) in [4.78, 5) is 15.4. The van der Waals surface area contributed by atoms with Crippen LogP contribution in [0.4, 0.5) is 0 Å². The van der Waals surface area contributed by atoms with Crippen LogP contribution in [0.3, 0.4) is 0 Å². The largest absolute Gasteiger partial charge is 0.456 e. The van der Waals surface area contributed by atoms with Crippen LogP contribution in [-0.2, 0) is 0 Å². The van der Waals surface area contributed by atoms with Crippen molar-refractivity contribution in [1.82, 2.24) is 19.5 Å². The van der Waals surface area contributed by atoms with Gasteiger partial charge in [0.2, 0.25) is 0 Å². The summed E-state index contributed by atoms with van der Waals surface area (Å²) in [5, 5.41) is 4.43. The first-order chi connectivity index (χ1) is 30.7. The molecule has 0 aliphatic carbocycles. The van der Waals surface area contributed by atoms with Crippen molar-refractivity contribution in [3.8, 4) is 73.2 Å². The van der Waals surface area contributed by atoms with Gasteiger partial charge in [-0.1, -0.05) is 158 Å². The molecule has 0 atom stereocenters. The fourth-order valence-corrected chi connectivity index (χ4v) is 8.89. The van der Waals surface area contributed by atoms with Crippen LogP contribution >= 0.6 is 0 Å². The van der Waals surface area contributed by atoms with Gasteiger partial charge in [-0.3, -0.25) is 0 Å². The lowest BCUT2D eigenvalue weighted by atomic mass is 9.96. The third-order valence-corrected chi connectivity index (χ3v) is 11.8. The van der Waals surface area contributed by atoms with Crippen LogP contribution < -0.4 is 0 Å². The molecule has 0 N–H and O–H groups in total. The van der Waals surface area contributed by atoms with E-state index in [-0.39, 0.29) is 0 Å². The number of para-hydroxylation sites is 2. The molecule has 0 saturated heterocycles. The van der Waals surface area contributed by atoms with Gasteiger partial charge in [0.15, 0.2) is 17.5 Å². The highest BCUT2D eigenvalue weighted by Gasteiger charge is 2.19. The molecule has 0 saturated carbocycles. The molecule has 12 aromatic rings. The number of hydrogen-bond acceptors (Lipinski definition) is 4. The van der Waals surface area contributed by atoms with Crippen molar-refractivity contribution < 1.29 is 4.42 Å². The molecule has 5 nitrogen and oxygen atoms in total. The Morgan fingerprint density at radius 2 is 0.823 bits per heavy atom. The molecule has 0 aliphatic rings. The summed E-state index contributed by atoms with van der Waals surface area (Å²) < 4.78 is 8.88. The highest BCUT2D eigenvalue weighted by atomic mass is 16.3. The molecule has 0 amide bonds. The number of hydrogen-bond donors (Lipinski definition) is 0. The SMILES string of the molecule is c1ccc(-c2cccc(-c3nc(-c4ccccc4)nc(-c4cccc5oc6ccc(-c7cccc(-c8ccc9c(c8)c8ccccc8n9-c8ccccc8)c7)cc6c45)n3)c2)cc1. The number of fused-ring (bicyclic) bond motifs is 6. The van der Waals surface area contributed by atoms with E-state index in [1.807, 2.05) is 48.5 Å². The number of aromatic nitrogens is 4. The first-order valence-corrected chi connectivity index (χ1v) is 20.8. The van der Waals surface area contributed by atoms with Crippen LogP contribution in [0.25, 0.3) is 117 Å². The van der Waals surface area contributed by atoms with Crippen LogP contribution in [0.5, 0.6) is 0 Å². The third-order valence-electron chi connectivity index (χ3n) is 11.8. The molecule has 62 heavy (non-hydrogen) atoms. The summed E-state index contributed by atoms with van der Waals surface area (Å²) in [6.07, 6.45) is 0. The average Bonchev–Trinajstić information content (AvgIpc) is 3.90. The molecule has 290 valence electrons. The molecule has 0 radical (unpaired) electrons. The van der Waals surface area contributed by atoms with Crippen molar-refractivity contribution >= 4 is 43.7 Å². The van der Waals surface area contributed by atoms with Crippen LogP contribution in [0.15, 0.2) is 223 Å². The van der Waals surface area contributed by atoms with Gasteiger partial charge in [-0.2, -0.15) is 0 Å². The first kappa shape index (κ1) is 35.5. The van der Waals surface area contributed by atoms with E-state index in [2.05, 4.69) is 174 Å². The van der Waals surface area contributed by atoms with Gasteiger partial charge in [-0.15, -0.1) is 0 Å². The fraction of sp³-hybridized carbons (Fsp3) is 0. The minimum absolute atomic E-state index is 0.587. The molecule has 9 aromatic carbocycles. The lowest BCUT2D eigenvalue weighted by molar-refractivity contribution is 0.669. The second kappa shape index (κ2) is 14.7. The Balaban J connectivity index is 0.973. The number of rotatable bonds is 7. The fourth-order valence-electron chi connectivity index (χ4n) is 8.89. The summed E-state index contributed by atoms with van der Waals surface area (Å²) in [6, 6.07) is 76.4. The Labute approximate surface area is 357 Å². The smallest absolute Gasteiger partial charge is 0.164 e. The zero-order valence-corrected chi connectivity index (χ0v) is 33.5.